The van der Waals surface area contributed by atoms with Crippen LogP contribution in [0.1, 0.15) is 26.2 Å². The van der Waals surface area contributed by atoms with Gasteiger partial charge in [-0.15, -0.1) is 12.4 Å². The minimum absolute atomic E-state index is 0. The number of amides is 2. The second-order valence-corrected chi connectivity index (χ2v) is 5.83. The molecule has 0 aromatic rings. The molecule has 1 saturated heterocycles. The maximum Gasteiger partial charge on any atom is 0.241 e. The maximum atomic E-state index is 12.1. The number of nitrogens with one attached hydrogen (secondary N) is 1. The van der Waals surface area contributed by atoms with Crippen molar-refractivity contribution in [3.63, 3.8) is 0 Å². The molecule has 1 heterocycles. The maximum absolute atomic E-state index is 12.1. The van der Waals surface area contributed by atoms with Gasteiger partial charge >= 0.3 is 0 Å². The van der Waals surface area contributed by atoms with Crippen molar-refractivity contribution in [2.24, 2.45) is 11.8 Å². The Labute approximate surface area is 128 Å². The third kappa shape index (κ3) is 6.09. The SMILES string of the molecule is CC(CC(=O)N(C)CC(=O)N(C)C)C1CCCNC1.Cl. The third-order valence-electron chi connectivity index (χ3n) is 3.93. The Kier molecular flexibility index (Phi) is 8.81. The fraction of sp³-hybridized carbons (Fsp3) is 0.857. The van der Waals surface area contributed by atoms with Gasteiger partial charge in [0.05, 0.1) is 6.54 Å². The first-order valence-corrected chi connectivity index (χ1v) is 7.06. The molecule has 2 unspecified atom stereocenters. The van der Waals surface area contributed by atoms with Crippen LogP contribution in [0.3, 0.4) is 0 Å². The summed E-state index contributed by atoms with van der Waals surface area (Å²) in [5.41, 5.74) is 0. The van der Waals surface area contributed by atoms with Crippen LogP contribution >= 0.6 is 12.4 Å². The number of hydrogen-bond donors (Lipinski definition) is 1. The van der Waals surface area contributed by atoms with E-state index in [0.29, 0.717) is 18.3 Å². The van der Waals surface area contributed by atoms with Crippen LogP contribution in [0.5, 0.6) is 0 Å². The Balaban J connectivity index is 0.00000361. The molecule has 6 heteroatoms. The van der Waals surface area contributed by atoms with Crippen molar-refractivity contribution in [2.45, 2.75) is 26.2 Å². The molecule has 20 heavy (non-hydrogen) atoms. The van der Waals surface area contributed by atoms with E-state index in [1.165, 1.54) is 22.6 Å². The first-order chi connectivity index (χ1) is 8.91. The lowest BCUT2D eigenvalue weighted by Gasteiger charge is -2.29. The molecule has 0 aromatic heterocycles. The molecular weight excluding hydrogens is 278 g/mol. The molecule has 118 valence electrons. The van der Waals surface area contributed by atoms with Gasteiger partial charge in [-0.2, -0.15) is 0 Å². The lowest BCUT2D eigenvalue weighted by atomic mass is 9.85. The van der Waals surface area contributed by atoms with Crippen molar-refractivity contribution in [1.82, 2.24) is 15.1 Å². The molecule has 1 fully saturated rings. The van der Waals surface area contributed by atoms with E-state index in [-0.39, 0.29) is 30.8 Å². The molecule has 1 N–H and O–H groups in total. The molecule has 2 atom stereocenters. The van der Waals surface area contributed by atoms with E-state index < -0.39 is 0 Å². The van der Waals surface area contributed by atoms with E-state index in [0.717, 1.165) is 13.1 Å². The number of hydrogen-bond acceptors (Lipinski definition) is 3. The number of nitrogens with zero attached hydrogens (tertiary/aromatic N) is 2. The minimum Gasteiger partial charge on any atom is -0.347 e. The van der Waals surface area contributed by atoms with Crippen molar-refractivity contribution in [3.8, 4) is 0 Å². The van der Waals surface area contributed by atoms with Crippen molar-refractivity contribution in [2.75, 3.05) is 40.8 Å². The van der Waals surface area contributed by atoms with Gasteiger partial charge in [0.15, 0.2) is 0 Å². The molecular formula is C14H28ClN3O2. The molecule has 5 nitrogen and oxygen atoms in total. The topological polar surface area (TPSA) is 52.7 Å². The van der Waals surface area contributed by atoms with Gasteiger partial charge in [-0.1, -0.05) is 6.92 Å². The zero-order valence-corrected chi connectivity index (χ0v) is 13.8. The number of likely N-dealkylation sites (N-methyl/N-ethyl adjacent to an activating group) is 2. The molecule has 2 amide bonds. The Morgan fingerprint density at radius 3 is 2.40 bits per heavy atom. The monoisotopic (exact) mass is 305 g/mol. The minimum atomic E-state index is -0.0390. The van der Waals surface area contributed by atoms with Crippen molar-refractivity contribution in [1.29, 1.82) is 0 Å². The Morgan fingerprint density at radius 1 is 1.25 bits per heavy atom. The highest BCUT2D eigenvalue weighted by atomic mass is 35.5. The average molecular weight is 306 g/mol. The van der Waals surface area contributed by atoms with Gasteiger partial charge in [0.2, 0.25) is 11.8 Å². The number of piperidine rings is 1. The van der Waals surface area contributed by atoms with Crippen LogP contribution in [-0.2, 0) is 9.59 Å². The lowest BCUT2D eigenvalue weighted by molar-refractivity contribution is -0.138. The second-order valence-electron chi connectivity index (χ2n) is 5.83. The van der Waals surface area contributed by atoms with Crippen LogP contribution in [0.4, 0.5) is 0 Å². The zero-order valence-electron chi connectivity index (χ0n) is 13.0. The van der Waals surface area contributed by atoms with Crippen LogP contribution in [0, 0.1) is 11.8 Å². The number of carbonyl (C=O) groups excluding carboxylic acids is 2. The van der Waals surface area contributed by atoms with Gasteiger partial charge in [-0.05, 0) is 37.8 Å². The normalized spacial score (nSPS) is 19.7. The molecule has 0 spiro atoms. The third-order valence-corrected chi connectivity index (χ3v) is 3.93. The summed E-state index contributed by atoms with van der Waals surface area (Å²) in [4.78, 5) is 26.7. The molecule has 0 radical (unpaired) electrons. The van der Waals surface area contributed by atoms with Gasteiger partial charge in [0.1, 0.15) is 0 Å². The Bertz CT molecular complexity index is 318. The van der Waals surface area contributed by atoms with E-state index in [2.05, 4.69) is 12.2 Å². The molecule has 1 aliphatic heterocycles. The summed E-state index contributed by atoms with van der Waals surface area (Å²) in [6, 6.07) is 0. The average Bonchev–Trinajstić information content (AvgIpc) is 2.39. The first kappa shape index (κ1) is 19.2. The fourth-order valence-electron chi connectivity index (χ4n) is 2.39. The van der Waals surface area contributed by atoms with Crippen LogP contribution in [-0.4, -0.2) is 62.4 Å². The predicted molar refractivity (Wildman–Crippen MR) is 83.0 cm³/mol. The van der Waals surface area contributed by atoms with Crippen LogP contribution < -0.4 is 5.32 Å². The van der Waals surface area contributed by atoms with Crippen LogP contribution in [0.2, 0.25) is 0 Å². The number of carbonyl (C=O) groups is 2. The van der Waals surface area contributed by atoms with Gasteiger partial charge in [0, 0.05) is 27.6 Å². The van der Waals surface area contributed by atoms with Crippen molar-refractivity contribution >= 4 is 24.2 Å². The van der Waals surface area contributed by atoms with E-state index in [9.17, 15) is 9.59 Å². The standard InChI is InChI=1S/C14H27N3O2.ClH/c1-11(12-6-5-7-15-9-12)8-13(18)17(4)10-14(19)16(2)3;/h11-12,15H,5-10H2,1-4H3;1H. The Morgan fingerprint density at radius 2 is 1.90 bits per heavy atom. The van der Waals surface area contributed by atoms with E-state index in [4.69, 9.17) is 0 Å². The fourth-order valence-corrected chi connectivity index (χ4v) is 2.39. The van der Waals surface area contributed by atoms with Gasteiger partial charge in [0.25, 0.3) is 0 Å². The summed E-state index contributed by atoms with van der Waals surface area (Å²) in [6.07, 6.45) is 2.92. The summed E-state index contributed by atoms with van der Waals surface area (Å²) < 4.78 is 0. The van der Waals surface area contributed by atoms with Gasteiger partial charge in [-0.25, -0.2) is 0 Å². The first-order valence-electron chi connectivity index (χ1n) is 7.06. The predicted octanol–water partition coefficient (Wildman–Crippen LogP) is 0.981. The summed E-state index contributed by atoms with van der Waals surface area (Å²) in [5.74, 6) is 0.976. The Hall–Kier alpha value is -0.810. The van der Waals surface area contributed by atoms with E-state index in [1.54, 1.807) is 21.1 Å². The highest BCUT2D eigenvalue weighted by molar-refractivity contribution is 5.85. The van der Waals surface area contributed by atoms with Crippen LogP contribution in [0.25, 0.3) is 0 Å². The summed E-state index contributed by atoms with van der Waals surface area (Å²) in [5, 5.41) is 3.38. The lowest BCUT2D eigenvalue weighted by Crippen LogP contribution is -2.40. The smallest absolute Gasteiger partial charge is 0.241 e. The number of rotatable bonds is 5. The zero-order chi connectivity index (χ0) is 14.4. The second kappa shape index (κ2) is 9.19. The number of halogens is 1. The highest BCUT2D eigenvalue weighted by Gasteiger charge is 2.24. The molecule has 1 rings (SSSR count). The largest absolute Gasteiger partial charge is 0.347 e. The van der Waals surface area contributed by atoms with E-state index in [1.807, 2.05) is 0 Å². The van der Waals surface area contributed by atoms with Crippen molar-refractivity contribution in [3.05, 3.63) is 0 Å². The van der Waals surface area contributed by atoms with Crippen LogP contribution in [0.15, 0.2) is 0 Å². The highest BCUT2D eigenvalue weighted by Crippen LogP contribution is 2.22. The van der Waals surface area contributed by atoms with Gasteiger partial charge in [-0.3, -0.25) is 9.59 Å². The molecule has 0 aromatic carbocycles. The van der Waals surface area contributed by atoms with E-state index >= 15 is 0 Å². The summed E-state index contributed by atoms with van der Waals surface area (Å²) >= 11 is 0. The summed E-state index contributed by atoms with van der Waals surface area (Å²) in [6.45, 7) is 4.40. The van der Waals surface area contributed by atoms with Gasteiger partial charge < -0.3 is 15.1 Å². The quantitative estimate of drug-likeness (QED) is 0.824. The molecule has 0 aliphatic carbocycles. The van der Waals surface area contributed by atoms with Crippen molar-refractivity contribution < 1.29 is 9.59 Å². The molecule has 1 aliphatic rings. The molecule has 0 bridgehead atoms. The molecule has 0 saturated carbocycles. The summed E-state index contributed by atoms with van der Waals surface area (Å²) in [7, 11) is 5.11.